The molecule has 0 amide bonds. The molecule has 3 atom stereocenters. The maximum Gasteiger partial charge on any atom is 0.0464 e. The molecule has 3 unspecified atom stereocenters. The van der Waals surface area contributed by atoms with Gasteiger partial charge in [-0.25, -0.2) is 0 Å². The lowest BCUT2D eigenvalue weighted by molar-refractivity contribution is 0.150. The van der Waals surface area contributed by atoms with Gasteiger partial charge in [0.25, 0.3) is 0 Å². The van der Waals surface area contributed by atoms with Gasteiger partial charge in [0.05, 0.1) is 0 Å². The minimum absolute atomic E-state index is 0.749. The van der Waals surface area contributed by atoms with Gasteiger partial charge in [-0.2, -0.15) is 0 Å². The largest absolute Gasteiger partial charge is 0.385 e. The Morgan fingerprint density at radius 2 is 2.00 bits per heavy atom. The molecule has 16 heavy (non-hydrogen) atoms. The first-order valence-corrected chi connectivity index (χ1v) is 7.02. The third-order valence-electron chi connectivity index (χ3n) is 4.04. The van der Waals surface area contributed by atoms with Crippen LogP contribution >= 0.6 is 0 Å². The lowest BCUT2D eigenvalue weighted by Crippen LogP contribution is -2.38. The Hall–Kier alpha value is -0.0800. The first-order chi connectivity index (χ1) is 7.79. The molecule has 1 saturated carbocycles. The van der Waals surface area contributed by atoms with E-state index in [9.17, 15) is 0 Å². The van der Waals surface area contributed by atoms with Crippen molar-refractivity contribution in [2.24, 2.45) is 11.8 Å². The molecule has 0 heterocycles. The highest BCUT2D eigenvalue weighted by Crippen LogP contribution is 2.31. The fraction of sp³-hybridized carbons (Fsp3) is 1.00. The van der Waals surface area contributed by atoms with Crippen LogP contribution in [0.5, 0.6) is 0 Å². The molecule has 2 heteroatoms. The van der Waals surface area contributed by atoms with E-state index >= 15 is 0 Å². The zero-order valence-electron chi connectivity index (χ0n) is 11.3. The number of rotatable bonds is 6. The highest BCUT2D eigenvalue weighted by molar-refractivity contribution is 4.82. The van der Waals surface area contributed by atoms with Gasteiger partial charge in [-0.3, -0.25) is 0 Å². The van der Waals surface area contributed by atoms with Crippen LogP contribution in [0.2, 0.25) is 0 Å². The molecule has 2 nitrogen and oxygen atoms in total. The van der Waals surface area contributed by atoms with Crippen molar-refractivity contribution in [3.63, 3.8) is 0 Å². The number of hydrogen-bond donors (Lipinski definition) is 1. The molecule has 96 valence electrons. The summed E-state index contributed by atoms with van der Waals surface area (Å²) in [6.07, 6.45) is 8.24. The van der Waals surface area contributed by atoms with E-state index < -0.39 is 0 Å². The van der Waals surface area contributed by atoms with E-state index in [4.69, 9.17) is 4.74 Å². The van der Waals surface area contributed by atoms with Gasteiger partial charge in [0.2, 0.25) is 0 Å². The lowest BCUT2D eigenvalue weighted by Gasteiger charge is -2.31. The third kappa shape index (κ3) is 4.42. The van der Waals surface area contributed by atoms with Crippen LogP contribution in [0, 0.1) is 11.8 Å². The Kier molecular flexibility index (Phi) is 7.06. The second-order valence-corrected chi connectivity index (χ2v) is 5.22. The SMILES string of the molecule is CCNC1CCCCCC1C(C)CCOC. The van der Waals surface area contributed by atoms with E-state index in [2.05, 4.69) is 19.2 Å². The van der Waals surface area contributed by atoms with Crippen molar-refractivity contribution in [3.05, 3.63) is 0 Å². The second-order valence-electron chi connectivity index (χ2n) is 5.22. The maximum atomic E-state index is 5.21. The Morgan fingerprint density at radius 3 is 2.69 bits per heavy atom. The fourth-order valence-corrected chi connectivity index (χ4v) is 3.05. The van der Waals surface area contributed by atoms with Gasteiger partial charge < -0.3 is 10.1 Å². The normalized spacial score (nSPS) is 28.7. The predicted molar refractivity (Wildman–Crippen MR) is 69.7 cm³/mol. The van der Waals surface area contributed by atoms with Gasteiger partial charge in [0, 0.05) is 19.8 Å². The summed E-state index contributed by atoms with van der Waals surface area (Å²) in [5.41, 5.74) is 0. The molecule has 0 spiro atoms. The summed E-state index contributed by atoms with van der Waals surface area (Å²) in [5, 5.41) is 3.69. The maximum absolute atomic E-state index is 5.21. The van der Waals surface area contributed by atoms with Gasteiger partial charge in [0.15, 0.2) is 0 Å². The molecule has 1 N–H and O–H groups in total. The van der Waals surface area contributed by atoms with Crippen LogP contribution < -0.4 is 5.32 Å². The molecule has 1 fully saturated rings. The van der Waals surface area contributed by atoms with Crippen molar-refractivity contribution >= 4 is 0 Å². The second kappa shape index (κ2) is 8.08. The van der Waals surface area contributed by atoms with E-state index in [0.717, 1.165) is 31.0 Å². The van der Waals surface area contributed by atoms with E-state index in [1.54, 1.807) is 0 Å². The fourth-order valence-electron chi connectivity index (χ4n) is 3.05. The molecule has 0 bridgehead atoms. The molecule has 0 radical (unpaired) electrons. The minimum atomic E-state index is 0.749. The van der Waals surface area contributed by atoms with Gasteiger partial charge in [-0.1, -0.05) is 33.1 Å². The van der Waals surface area contributed by atoms with Crippen molar-refractivity contribution in [1.82, 2.24) is 5.32 Å². The summed E-state index contributed by atoms with van der Waals surface area (Å²) < 4.78 is 5.21. The molecule has 0 aromatic heterocycles. The van der Waals surface area contributed by atoms with Crippen LogP contribution in [-0.4, -0.2) is 26.3 Å². The Labute approximate surface area is 101 Å². The molecule has 0 aromatic rings. The molecule has 0 saturated heterocycles. The number of methoxy groups -OCH3 is 1. The number of ether oxygens (including phenoxy) is 1. The molecule has 0 aromatic carbocycles. The zero-order chi connectivity index (χ0) is 11.8. The first-order valence-electron chi connectivity index (χ1n) is 7.02. The molecule has 1 aliphatic carbocycles. The standard InChI is InChI=1S/C14H29NO/c1-4-15-14-9-7-5-6-8-13(14)12(2)10-11-16-3/h12-15H,4-11H2,1-3H3. The summed E-state index contributed by atoms with van der Waals surface area (Å²) in [4.78, 5) is 0. The zero-order valence-corrected chi connectivity index (χ0v) is 11.3. The predicted octanol–water partition coefficient (Wildman–Crippen LogP) is 3.22. The van der Waals surface area contributed by atoms with Crippen LogP contribution in [-0.2, 0) is 4.74 Å². The highest BCUT2D eigenvalue weighted by Gasteiger charge is 2.27. The van der Waals surface area contributed by atoms with E-state index in [1.165, 1.54) is 38.5 Å². The lowest BCUT2D eigenvalue weighted by atomic mass is 9.82. The first kappa shape index (κ1) is 14.0. The molecular formula is C14H29NO. The quantitative estimate of drug-likeness (QED) is 0.704. The van der Waals surface area contributed by atoms with Gasteiger partial charge in [-0.05, 0) is 37.6 Å². The van der Waals surface area contributed by atoms with Crippen molar-refractivity contribution < 1.29 is 4.74 Å². The average Bonchev–Trinajstić information content (AvgIpc) is 2.52. The highest BCUT2D eigenvalue weighted by atomic mass is 16.5. The summed E-state index contributed by atoms with van der Waals surface area (Å²) >= 11 is 0. The number of hydrogen-bond acceptors (Lipinski definition) is 2. The van der Waals surface area contributed by atoms with Gasteiger partial charge in [0.1, 0.15) is 0 Å². The van der Waals surface area contributed by atoms with Crippen molar-refractivity contribution in [2.75, 3.05) is 20.3 Å². The van der Waals surface area contributed by atoms with Crippen LogP contribution in [0.15, 0.2) is 0 Å². The van der Waals surface area contributed by atoms with Crippen LogP contribution in [0.1, 0.15) is 52.4 Å². The Balaban J connectivity index is 2.48. The Morgan fingerprint density at radius 1 is 1.25 bits per heavy atom. The topological polar surface area (TPSA) is 21.3 Å². The smallest absolute Gasteiger partial charge is 0.0464 e. The number of nitrogens with one attached hydrogen (secondary N) is 1. The Bertz CT molecular complexity index is 172. The van der Waals surface area contributed by atoms with Gasteiger partial charge >= 0.3 is 0 Å². The average molecular weight is 227 g/mol. The summed E-state index contributed by atoms with van der Waals surface area (Å²) in [6, 6.07) is 0.749. The third-order valence-corrected chi connectivity index (χ3v) is 4.04. The summed E-state index contributed by atoms with van der Waals surface area (Å²) in [6.45, 7) is 6.65. The summed E-state index contributed by atoms with van der Waals surface area (Å²) in [7, 11) is 1.81. The molecule has 1 rings (SSSR count). The van der Waals surface area contributed by atoms with E-state index in [0.29, 0.717) is 0 Å². The molecular weight excluding hydrogens is 198 g/mol. The van der Waals surface area contributed by atoms with Crippen LogP contribution in [0.3, 0.4) is 0 Å². The minimum Gasteiger partial charge on any atom is -0.385 e. The van der Waals surface area contributed by atoms with E-state index in [-0.39, 0.29) is 0 Å². The van der Waals surface area contributed by atoms with Crippen LogP contribution in [0.4, 0.5) is 0 Å². The summed E-state index contributed by atoms with van der Waals surface area (Å²) in [5.74, 6) is 1.65. The molecule has 1 aliphatic rings. The van der Waals surface area contributed by atoms with Crippen molar-refractivity contribution in [1.29, 1.82) is 0 Å². The monoisotopic (exact) mass is 227 g/mol. The molecule has 0 aliphatic heterocycles. The van der Waals surface area contributed by atoms with Crippen LogP contribution in [0.25, 0.3) is 0 Å². The van der Waals surface area contributed by atoms with E-state index in [1.807, 2.05) is 7.11 Å². The van der Waals surface area contributed by atoms with Crippen molar-refractivity contribution in [2.45, 2.75) is 58.4 Å². The van der Waals surface area contributed by atoms with Crippen molar-refractivity contribution in [3.8, 4) is 0 Å². The van der Waals surface area contributed by atoms with Gasteiger partial charge in [-0.15, -0.1) is 0 Å².